The first-order valence-electron chi connectivity index (χ1n) is 9.23. The average molecular weight is 318 g/mol. The van der Waals surface area contributed by atoms with Gasteiger partial charge in [-0.25, -0.2) is 0 Å². The Balaban J connectivity index is 1.53. The van der Waals surface area contributed by atoms with Gasteiger partial charge >= 0.3 is 0 Å². The van der Waals surface area contributed by atoms with Crippen LogP contribution in [-0.2, 0) is 14.2 Å². The molecule has 1 aliphatic carbocycles. The minimum Gasteiger partial charge on any atom is -0.366 e. The Kier molecular flexibility index (Phi) is 3.75. The van der Waals surface area contributed by atoms with Crippen LogP contribution in [0.3, 0.4) is 0 Å². The van der Waals surface area contributed by atoms with E-state index in [1.807, 2.05) is 0 Å². The first-order valence-corrected chi connectivity index (χ1v) is 9.23. The lowest BCUT2D eigenvalue weighted by molar-refractivity contribution is 0.150. The quantitative estimate of drug-likeness (QED) is 0.493. The summed E-state index contributed by atoms with van der Waals surface area (Å²) >= 11 is 0. The van der Waals surface area contributed by atoms with Crippen molar-refractivity contribution < 1.29 is 14.2 Å². The third-order valence-electron chi connectivity index (χ3n) is 6.47. The van der Waals surface area contributed by atoms with E-state index in [1.165, 1.54) is 16.7 Å². The number of epoxide rings is 2. The van der Waals surface area contributed by atoms with Gasteiger partial charge in [0.05, 0.1) is 36.1 Å². The van der Waals surface area contributed by atoms with Crippen molar-refractivity contribution in [2.75, 3.05) is 6.61 Å². The number of ether oxygens (including phenoxy) is 3. The van der Waals surface area contributed by atoms with Crippen molar-refractivity contribution in [3.8, 4) is 0 Å². The molecule has 0 radical (unpaired) electrons. The maximum Gasteiger partial charge on any atom is 0.0977 e. The SMILES string of the molecule is CC1=CC2OCC(C)=C2CCC2(C)OC2CCC2(C)OC2CC1. The van der Waals surface area contributed by atoms with E-state index in [2.05, 4.69) is 33.8 Å². The van der Waals surface area contributed by atoms with E-state index in [1.54, 1.807) is 0 Å². The highest BCUT2D eigenvalue weighted by Gasteiger charge is 2.56. The lowest BCUT2D eigenvalue weighted by atomic mass is 9.89. The summed E-state index contributed by atoms with van der Waals surface area (Å²) in [6.45, 7) is 9.79. The summed E-state index contributed by atoms with van der Waals surface area (Å²) in [6, 6.07) is 0. The van der Waals surface area contributed by atoms with Crippen LogP contribution in [0.5, 0.6) is 0 Å². The van der Waals surface area contributed by atoms with Crippen LogP contribution in [0.25, 0.3) is 0 Å². The van der Waals surface area contributed by atoms with Crippen LogP contribution in [-0.4, -0.2) is 36.1 Å². The van der Waals surface area contributed by atoms with Gasteiger partial charge in [0.15, 0.2) is 0 Å². The molecule has 0 aromatic rings. The summed E-state index contributed by atoms with van der Waals surface area (Å²) in [7, 11) is 0. The molecule has 3 heteroatoms. The highest BCUT2D eigenvalue weighted by molar-refractivity contribution is 5.28. The number of allylic oxidation sites excluding steroid dienone is 1. The molecule has 0 saturated carbocycles. The predicted molar refractivity (Wildman–Crippen MR) is 90.5 cm³/mol. The van der Waals surface area contributed by atoms with Crippen LogP contribution in [0.4, 0.5) is 0 Å². The Bertz CT molecular complexity index is 563. The predicted octanol–water partition coefficient (Wildman–Crippen LogP) is 4.32. The molecule has 0 N–H and O–H groups in total. The van der Waals surface area contributed by atoms with Crippen LogP contribution in [0.2, 0.25) is 0 Å². The maximum absolute atomic E-state index is 6.06. The zero-order valence-electron chi connectivity index (χ0n) is 15.0. The van der Waals surface area contributed by atoms with E-state index in [9.17, 15) is 0 Å². The second-order valence-corrected chi connectivity index (χ2v) is 8.47. The largest absolute Gasteiger partial charge is 0.366 e. The Morgan fingerprint density at radius 1 is 0.957 bits per heavy atom. The van der Waals surface area contributed by atoms with Crippen LogP contribution < -0.4 is 0 Å². The Morgan fingerprint density at radius 2 is 1.65 bits per heavy atom. The molecule has 5 atom stereocenters. The van der Waals surface area contributed by atoms with E-state index in [0.717, 1.165) is 45.1 Å². The fourth-order valence-corrected chi connectivity index (χ4v) is 4.41. The van der Waals surface area contributed by atoms with Crippen molar-refractivity contribution in [2.24, 2.45) is 0 Å². The molecule has 4 aliphatic rings. The molecule has 0 aromatic carbocycles. The summed E-state index contributed by atoms with van der Waals surface area (Å²) in [5, 5.41) is 0. The molecule has 23 heavy (non-hydrogen) atoms. The van der Waals surface area contributed by atoms with Gasteiger partial charge in [-0.15, -0.1) is 0 Å². The Hall–Kier alpha value is -0.640. The third-order valence-corrected chi connectivity index (χ3v) is 6.47. The molecule has 2 fully saturated rings. The second-order valence-electron chi connectivity index (χ2n) is 8.47. The number of fused-ring (bicyclic) bond motifs is 3. The van der Waals surface area contributed by atoms with Crippen molar-refractivity contribution >= 4 is 0 Å². The highest BCUT2D eigenvalue weighted by atomic mass is 16.6. The molecule has 128 valence electrons. The molecule has 0 spiro atoms. The fourth-order valence-electron chi connectivity index (χ4n) is 4.41. The molecule has 3 nitrogen and oxygen atoms in total. The molecule has 3 aliphatic heterocycles. The minimum atomic E-state index is 0.0735. The summed E-state index contributed by atoms with van der Waals surface area (Å²) in [4.78, 5) is 0. The number of hydrogen-bond donors (Lipinski definition) is 0. The molecule has 5 unspecified atom stereocenters. The van der Waals surface area contributed by atoms with Gasteiger partial charge in [-0.2, -0.15) is 0 Å². The Morgan fingerprint density at radius 3 is 2.43 bits per heavy atom. The van der Waals surface area contributed by atoms with E-state index in [4.69, 9.17) is 14.2 Å². The summed E-state index contributed by atoms with van der Waals surface area (Å²) in [5.74, 6) is 0. The van der Waals surface area contributed by atoms with Gasteiger partial charge < -0.3 is 14.2 Å². The van der Waals surface area contributed by atoms with Gasteiger partial charge in [0.25, 0.3) is 0 Å². The average Bonchev–Trinajstić information content (AvgIpc) is 3.31. The van der Waals surface area contributed by atoms with Crippen molar-refractivity contribution in [3.05, 3.63) is 22.8 Å². The monoisotopic (exact) mass is 318 g/mol. The van der Waals surface area contributed by atoms with E-state index in [0.29, 0.717) is 12.2 Å². The lowest BCUT2D eigenvalue weighted by Gasteiger charge is -2.15. The van der Waals surface area contributed by atoms with Gasteiger partial charge in [0.2, 0.25) is 0 Å². The van der Waals surface area contributed by atoms with Crippen molar-refractivity contribution in [3.63, 3.8) is 0 Å². The summed E-state index contributed by atoms with van der Waals surface area (Å²) in [5.41, 5.74) is 4.52. The highest BCUT2D eigenvalue weighted by Crippen LogP contribution is 2.49. The zero-order chi connectivity index (χ0) is 16.2. The normalized spacial score (nSPS) is 47.1. The first-order chi connectivity index (χ1) is 10.9. The third kappa shape index (κ3) is 3.04. The van der Waals surface area contributed by atoms with Crippen LogP contribution in [0.1, 0.15) is 66.2 Å². The maximum atomic E-state index is 6.06. The summed E-state index contributed by atoms with van der Waals surface area (Å²) < 4.78 is 18.1. The molecule has 3 heterocycles. The zero-order valence-corrected chi connectivity index (χ0v) is 15.0. The topological polar surface area (TPSA) is 34.3 Å². The van der Waals surface area contributed by atoms with Crippen molar-refractivity contribution in [1.82, 2.24) is 0 Å². The Labute approximate surface area is 140 Å². The minimum absolute atomic E-state index is 0.0735. The van der Waals surface area contributed by atoms with E-state index >= 15 is 0 Å². The van der Waals surface area contributed by atoms with Crippen LogP contribution >= 0.6 is 0 Å². The smallest absolute Gasteiger partial charge is 0.0977 e. The lowest BCUT2D eigenvalue weighted by Crippen LogP contribution is -2.17. The van der Waals surface area contributed by atoms with E-state index < -0.39 is 0 Å². The van der Waals surface area contributed by atoms with Gasteiger partial charge in [-0.1, -0.05) is 11.6 Å². The molecular weight excluding hydrogens is 288 g/mol. The van der Waals surface area contributed by atoms with Crippen molar-refractivity contribution in [2.45, 2.75) is 95.7 Å². The molecule has 2 saturated heterocycles. The molecule has 0 aromatic heterocycles. The molecule has 4 rings (SSSR count). The van der Waals surface area contributed by atoms with Gasteiger partial charge in [-0.05, 0) is 77.4 Å². The number of rotatable bonds is 0. The van der Waals surface area contributed by atoms with Gasteiger partial charge in [0.1, 0.15) is 0 Å². The van der Waals surface area contributed by atoms with Gasteiger partial charge in [-0.3, -0.25) is 0 Å². The standard InChI is InChI=1S/C20H30O3/c1-13-5-6-17-20(4,22-17)10-8-18-19(3,23-18)9-7-15-14(2)12-21-16(15)11-13/h11,16-18H,5-10,12H2,1-4H3. The second kappa shape index (κ2) is 5.44. The number of hydrogen-bond acceptors (Lipinski definition) is 3. The van der Waals surface area contributed by atoms with Crippen LogP contribution in [0, 0.1) is 0 Å². The molecule has 0 bridgehead atoms. The molecular formula is C20H30O3. The summed E-state index contributed by atoms with van der Waals surface area (Å²) in [6.07, 6.45) is 10.1. The molecule has 0 amide bonds. The van der Waals surface area contributed by atoms with Crippen molar-refractivity contribution in [1.29, 1.82) is 0 Å². The fraction of sp³-hybridized carbons (Fsp3) is 0.800. The van der Waals surface area contributed by atoms with Crippen LogP contribution in [0.15, 0.2) is 22.8 Å². The van der Waals surface area contributed by atoms with E-state index in [-0.39, 0.29) is 17.3 Å². The van der Waals surface area contributed by atoms with Gasteiger partial charge in [0, 0.05) is 0 Å². The first kappa shape index (κ1) is 15.9.